The largest absolute Gasteiger partial charge is 0.481 e. The lowest BCUT2D eigenvalue weighted by atomic mass is 10.3. The van der Waals surface area contributed by atoms with E-state index in [1.807, 2.05) is 0 Å². The summed E-state index contributed by atoms with van der Waals surface area (Å²) in [6.45, 7) is 1.89. The molecular formula is C9H14N2O4S2. The van der Waals surface area contributed by atoms with E-state index in [9.17, 15) is 13.2 Å². The summed E-state index contributed by atoms with van der Waals surface area (Å²) in [5.74, 6) is -0.760. The minimum absolute atomic E-state index is 0.0529. The summed E-state index contributed by atoms with van der Waals surface area (Å²) < 4.78 is 22.4. The summed E-state index contributed by atoms with van der Waals surface area (Å²) in [5, 5.41) is 13.6. The molecule has 6 nitrogen and oxygen atoms in total. The predicted molar refractivity (Wildman–Crippen MR) is 66.3 cm³/mol. The number of anilines is 1. The first-order valence-corrected chi connectivity index (χ1v) is 7.73. The Hall–Kier alpha value is -1.15. The molecule has 0 aliphatic heterocycles. The number of hydrogen-bond donors (Lipinski definition) is 2. The fraction of sp³-hybridized carbons (Fsp3) is 0.556. The van der Waals surface area contributed by atoms with Crippen molar-refractivity contribution in [1.29, 1.82) is 0 Å². The van der Waals surface area contributed by atoms with Crippen LogP contribution in [-0.4, -0.2) is 42.5 Å². The molecule has 0 saturated carbocycles. The van der Waals surface area contributed by atoms with Gasteiger partial charge in [-0.25, -0.2) is 13.4 Å². The molecule has 0 amide bonds. The fourth-order valence-corrected chi connectivity index (χ4v) is 2.52. The van der Waals surface area contributed by atoms with Gasteiger partial charge in [-0.05, 0) is 0 Å². The molecule has 2 N–H and O–H groups in total. The van der Waals surface area contributed by atoms with Crippen LogP contribution in [0.2, 0.25) is 0 Å². The van der Waals surface area contributed by atoms with Gasteiger partial charge in [0.2, 0.25) is 0 Å². The molecule has 0 fully saturated rings. The van der Waals surface area contributed by atoms with Crippen LogP contribution in [0.15, 0.2) is 5.38 Å². The highest BCUT2D eigenvalue weighted by Gasteiger charge is 2.08. The van der Waals surface area contributed by atoms with Crippen molar-refractivity contribution in [1.82, 2.24) is 4.98 Å². The number of aromatic nitrogens is 1. The van der Waals surface area contributed by atoms with Crippen molar-refractivity contribution in [3.05, 3.63) is 11.1 Å². The van der Waals surface area contributed by atoms with E-state index >= 15 is 0 Å². The van der Waals surface area contributed by atoms with Crippen LogP contribution in [0.4, 0.5) is 5.13 Å². The third-order valence-electron chi connectivity index (χ3n) is 2.01. The molecular weight excluding hydrogens is 264 g/mol. The lowest BCUT2D eigenvalue weighted by Crippen LogP contribution is -2.17. The molecule has 8 heteroatoms. The third-order valence-corrected chi connectivity index (χ3v) is 4.57. The molecule has 0 saturated heterocycles. The van der Waals surface area contributed by atoms with Gasteiger partial charge in [0.25, 0.3) is 0 Å². The van der Waals surface area contributed by atoms with Gasteiger partial charge in [-0.15, -0.1) is 11.3 Å². The summed E-state index contributed by atoms with van der Waals surface area (Å²) in [7, 11) is -2.98. The molecule has 0 radical (unpaired) electrons. The average molecular weight is 278 g/mol. The third kappa shape index (κ3) is 5.14. The minimum Gasteiger partial charge on any atom is -0.481 e. The maximum Gasteiger partial charge on any atom is 0.309 e. The number of carboxylic acid groups (broad SMARTS) is 1. The molecule has 0 bridgehead atoms. The van der Waals surface area contributed by atoms with Crippen molar-refractivity contribution >= 4 is 32.3 Å². The van der Waals surface area contributed by atoms with Gasteiger partial charge < -0.3 is 10.4 Å². The van der Waals surface area contributed by atoms with E-state index in [-0.39, 0.29) is 24.5 Å². The number of nitrogens with zero attached hydrogens (tertiary/aromatic N) is 1. The van der Waals surface area contributed by atoms with Crippen LogP contribution in [0.1, 0.15) is 12.6 Å². The van der Waals surface area contributed by atoms with E-state index in [2.05, 4.69) is 10.3 Å². The van der Waals surface area contributed by atoms with Crippen molar-refractivity contribution in [3.63, 3.8) is 0 Å². The Bertz CT molecular complexity index is 481. The first-order valence-electron chi connectivity index (χ1n) is 5.03. The molecule has 1 aromatic heterocycles. The molecule has 1 rings (SSSR count). The number of nitrogens with one attached hydrogen (secondary N) is 1. The highest BCUT2D eigenvalue weighted by atomic mass is 32.2. The first-order chi connectivity index (χ1) is 7.93. The molecule has 96 valence electrons. The van der Waals surface area contributed by atoms with Crippen LogP contribution in [0.5, 0.6) is 0 Å². The van der Waals surface area contributed by atoms with Gasteiger partial charge >= 0.3 is 5.97 Å². The molecule has 17 heavy (non-hydrogen) atoms. The Kier molecular flexibility index (Phi) is 4.88. The standard InChI is InChI=1S/C9H14N2O4S2/c1-2-17(14,15)4-3-10-9-11-7(6-16-9)5-8(12)13/h6H,2-5H2,1H3,(H,10,11)(H,12,13). The smallest absolute Gasteiger partial charge is 0.309 e. The number of carboxylic acids is 1. The van der Waals surface area contributed by atoms with Crippen LogP contribution < -0.4 is 5.32 Å². The molecule has 1 heterocycles. The Morgan fingerprint density at radius 3 is 2.88 bits per heavy atom. The Balaban J connectivity index is 2.42. The van der Waals surface area contributed by atoms with Gasteiger partial charge in [0.15, 0.2) is 15.0 Å². The number of rotatable bonds is 7. The molecule has 0 aliphatic rings. The van der Waals surface area contributed by atoms with Crippen LogP contribution in [-0.2, 0) is 21.1 Å². The fourth-order valence-electron chi connectivity index (χ4n) is 1.08. The van der Waals surface area contributed by atoms with Gasteiger partial charge in [-0.3, -0.25) is 4.79 Å². The van der Waals surface area contributed by atoms with Crippen LogP contribution >= 0.6 is 11.3 Å². The van der Waals surface area contributed by atoms with Gasteiger partial charge in [0, 0.05) is 17.7 Å². The Morgan fingerprint density at radius 1 is 1.59 bits per heavy atom. The van der Waals surface area contributed by atoms with Crippen molar-refractivity contribution in [3.8, 4) is 0 Å². The minimum atomic E-state index is -2.98. The number of hydrogen-bond acceptors (Lipinski definition) is 6. The van der Waals surface area contributed by atoms with E-state index in [4.69, 9.17) is 5.11 Å². The number of carbonyl (C=O) groups is 1. The SMILES string of the molecule is CCS(=O)(=O)CCNc1nc(CC(=O)O)cs1. The van der Waals surface area contributed by atoms with Crippen LogP contribution in [0.25, 0.3) is 0 Å². The summed E-state index contributed by atoms with van der Waals surface area (Å²) >= 11 is 1.27. The molecule has 0 spiro atoms. The maximum atomic E-state index is 11.2. The second-order valence-corrected chi connectivity index (χ2v) is 6.71. The van der Waals surface area contributed by atoms with Crippen molar-refractivity contribution in [2.24, 2.45) is 0 Å². The molecule has 0 unspecified atom stereocenters. The van der Waals surface area contributed by atoms with Crippen molar-refractivity contribution in [2.45, 2.75) is 13.3 Å². The van der Waals surface area contributed by atoms with E-state index in [0.29, 0.717) is 10.8 Å². The van der Waals surface area contributed by atoms with Gasteiger partial charge in [0.05, 0.1) is 17.9 Å². The Labute approximate surface area is 104 Å². The monoisotopic (exact) mass is 278 g/mol. The lowest BCUT2D eigenvalue weighted by Gasteiger charge is -2.02. The molecule has 0 aromatic carbocycles. The normalized spacial score (nSPS) is 11.4. The highest BCUT2D eigenvalue weighted by molar-refractivity contribution is 7.91. The summed E-state index contributed by atoms with van der Waals surface area (Å²) in [6, 6.07) is 0. The first kappa shape index (κ1) is 13.9. The number of sulfone groups is 1. The quantitative estimate of drug-likeness (QED) is 0.759. The summed E-state index contributed by atoms with van der Waals surface area (Å²) in [4.78, 5) is 14.5. The van der Waals surface area contributed by atoms with Crippen LogP contribution in [0.3, 0.4) is 0 Å². The lowest BCUT2D eigenvalue weighted by molar-refractivity contribution is -0.136. The zero-order valence-corrected chi connectivity index (χ0v) is 11.0. The molecule has 1 aromatic rings. The number of aliphatic carboxylic acids is 1. The van der Waals surface area contributed by atoms with E-state index in [0.717, 1.165) is 0 Å². The zero-order chi connectivity index (χ0) is 12.9. The van der Waals surface area contributed by atoms with Gasteiger partial charge in [0.1, 0.15) is 0 Å². The predicted octanol–water partition coefficient (Wildman–Crippen LogP) is 0.617. The molecule has 0 atom stereocenters. The molecule has 0 aliphatic carbocycles. The highest BCUT2D eigenvalue weighted by Crippen LogP contribution is 2.15. The summed E-state index contributed by atoms with van der Waals surface area (Å²) in [5.41, 5.74) is 0.475. The number of thiazole rings is 1. The van der Waals surface area contributed by atoms with E-state index < -0.39 is 15.8 Å². The van der Waals surface area contributed by atoms with E-state index in [1.165, 1.54) is 11.3 Å². The average Bonchev–Trinajstić information content (AvgIpc) is 2.64. The van der Waals surface area contributed by atoms with Crippen LogP contribution in [0, 0.1) is 0 Å². The maximum absolute atomic E-state index is 11.2. The van der Waals surface area contributed by atoms with Gasteiger partial charge in [-0.1, -0.05) is 6.92 Å². The summed E-state index contributed by atoms with van der Waals surface area (Å²) in [6.07, 6.45) is -0.120. The Morgan fingerprint density at radius 2 is 2.29 bits per heavy atom. The zero-order valence-electron chi connectivity index (χ0n) is 9.34. The van der Waals surface area contributed by atoms with Crippen molar-refractivity contribution < 1.29 is 18.3 Å². The second kappa shape index (κ2) is 5.97. The van der Waals surface area contributed by atoms with Gasteiger partial charge in [-0.2, -0.15) is 0 Å². The van der Waals surface area contributed by atoms with Crippen molar-refractivity contribution in [2.75, 3.05) is 23.4 Å². The van der Waals surface area contributed by atoms with E-state index in [1.54, 1.807) is 12.3 Å². The topological polar surface area (TPSA) is 96.4 Å². The second-order valence-electron chi connectivity index (χ2n) is 3.38.